The average Bonchev–Trinajstić information content (AvgIpc) is 2.09. The van der Waals surface area contributed by atoms with Gasteiger partial charge in [0, 0.05) is 24.1 Å². The summed E-state index contributed by atoms with van der Waals surface area (Å²) in [4.78, 5) is 0. The van der Waals surface area contributed by atoms with E-state index in [2.05, 4.69) is 0 Å². The van der Waals surface area contributed by atoms with Crippen LogP contribution in [0.15, 0.2) is 12.1 Å². The van der Waals surface area contributed by atoms with E-state index in [0.717, 1.165) is 12.0 Å². The molecule has 2 nitrogen and oxygen atoms in total. The lowest BCUT2D eigenvalue weighted by molar-refractivity contribution is 0.267. The third-order valence-electron chi connectivity index (χ3n) is 2.14. The Kier molecular flexibility index (Phi) is 2.14. The molecule has 0 fully saturated rings. The lowest BCUT2D eigenvalue weighted by atomic mass is 10.0. The van der Waals surface area contributed by atoms with Crippen molar-refractivity contribution in [1.29, 1.82) is 0 Å². The zero-order valence-electron chi connectivity index (χ0n) is 6.89. The second kappa shape index (κ2) is 3.16. The largest absolute Gasteiger partial charge is 0.493 e. The highest BCUT2D eigenvalue weighted by Crippen LogP contribution is 2.34. The summed E-state index contributed by atoms with van der Waals surface area (Å²) in [5, 5.41) is 0.0969. The van der Waals surface area contributed by atoms with Gasteiger partial charge in [0.05, 0.1) is 11.6 Å². The lowest BCUT2D eigenvalue weighted by Gasteiger charge is -2.22. The molecule has 0 aromatic heterocycles. The maximum atomic E-state index is 13.0. The fourth-order valence-electron chi connectivity index (χ4n) is 1.41. The highest BCUT2D eigenvalue weighted by Gasteiger charge is 2.19. The summed E-state index contributed by atoms with van der Waals surface area (Å²) < 4.78 is 18.2. The molecule has 0 saturated carbocycles. The minimum Gasteiger partial charge on any atom is -0.493 e. The Balaban J connectivity index is 2.52. The fourth-order valence-corrected chi connectivity index (χ4v) is 1.58. The fraction of sp³-hybridized carbons (Fsp3) is 0.333. The Morgan fingerprint density at radius 3 is 3.08 bits per heavy atom. The van der Waals surface area contributed by atoms with Gasteiger partial charge in [0.1, 0.15) is 11.6 Å². The molecule has 1 aromatic carbocycles. The smallest absolute Gasteiger partial charge is 0.145 e. The second-order valence-electron chi connectivity index (χ2n) is 3.05. The van der Waals surface area contributed by atoms with E-state index >= 15 is 0 Å². The molecule has 0 unspecified atom stereocenters. The van der Waals surface area contributed by atoms with E-state index < -0.39 is 5.82 Å². The van der Waals surface area contributed by atoms with Crippen molar-refractivity contribution in [1.82, 2.24) is 0 Å². The van der Waals surface area contributed by atoms with Crippen LogP contribution in [0.3, 0.4) is 0 Å². The van der Waals surface area contributed by atoms with E-state index in [4.69, 9.17) is 22.1 Å². The zero-order chi connectivity index (χ0) is 9.42. The molecule has 1 heterocycles. The number of hydrogen-bond acceptors (Lipinski definition) is 2. The van der Waals surface area contributed by atoms with Crippen LogP contribution in [-0.4, -0.2) is 6.61 Å². The Hall–Kier alpha value is -0.800. The molecule has 2 N–H and O–H groups in total. The third-order valence-corrected chi connectivity index (χ3v) is 2.43. The molecular weight excluding hydrogens is 193 g/mol. The van der Waals surface area contributed by atoms with Crippen LogP contribution in [0.4, 0.5) is 4.39 Å². The predicted molar refractivity (Wildman–Crippen MR) is 48.5 cm³/mol. The van der Waals surface area contributed by atoms with E-state index in [0.29, 0.717) is 12.4 Å². The number of hydrogen-bond donors (Lipinski definition) is 1. The Bertz CT molecular complexity index is 343. The molecule has 4 heteroatoms. The van der Waals surface area contributed by atoms with Gasteiger partial charge < -0.3 is 10.5 Å². The van der Waals surface area contributed by atoms with Gasteiger partial charge in [-0.25, -0.2) is 4.39 Å². The molecular formula is C9H9ClFNO. The number of nitrogens with two attached hydrogens (primary N) is 1. The standard InChI is InChI=1S/C9H9ClFNO/c10-6-3-5-8(12)1-2-13-9(5)4-7(6)11/h3-4,8H,1-2,12H2/t8-/m0/s1. The van der Waals surface area contributed by atoms with E-state index in [1.807, 2.05) is 0 Å². The first kappa shape index (κ1) is 8.78. The van der Waals surface area contributed by atoms with Crippen LogP contribution in [0.25, 0.3) is 0 Å². The molecule has 13 heavy (non-hydrogen) atoms. The Morgan fingerprint density at radius 2 is 2.31 bits per heavy atom. The minimum atomic E-state index is -0.463. The van der Waals surface area contributed by atoms with Gasteiger partial charge in [0.15, 0.2) is 0 Å². The van der Waals surface area contributed by atoms with Crippen molar-refractivity contribution in [3.63, 3.8) is 0 Å². The van der Waals surface area contributed by atoms with Crippen molar-refractivity contribution in [2.75, 3.05) is 6.61 Å². The van der Waals surface area contributed by atoms with Crippen LogP contribution in [0, 0.1) is 5.82 Å². The quantitative estimate of drug-likeness (QED) is 0.699. The molecule has 0 aliphatic carbocycles. The average molecular weight is 202 g/mol. The summed E-state index contributed by atoms with van der Waals surface area (Å²) in [5.74, 6) is 0.0511. The van der Waals surface area contributed by atoms with Gasteiger partial charge in [0.25, 0.3) is 0 Å². The van der Waals surface area contributed by atoms with E-state index in [-0.39, 0.29) is 11.1 Å². The minimum absolute atomic E-state index is 0.0955. The molecule has 1 aliphatic rings. The normalized spacial score (nSPS) is 20.7. The van der Waals surface area contributed by atoms with Gasteiger partial charge in [-0.1, -0.05) is 11.6 Å². The number of ether oxygens (including phenoxy) is 1. The molecule has 0 spiro atoms. The molecule has 2 rings (SSSR count). The second-order valence-corrected chi connectivity index (χ2v) is 3.45. The lowest BCUT2D eigenvalue weighted by Crippen LogP contribution is -2.20. The van der Waals surface area contributed by atoms with E-state index in [1.54, 1.807) is 0 Å². The highest BCUT2D eigenvalue weighted by molar-refractivity contribution is 6.30. The number of rotatable bonds is 0. The molecule has 0 radical (unpaired) electrons. The first-order valence-electron chi connectivity index (χ1n) is 4.06. The maximum absolute atomic E-state index is 13.0. The van der Waals surface area contributed by atoms with Crippen molar-refractivity contribution in [2.45, 2.75) is 12.5 Å². The summed E-state index contributed by atoms with van der Waals surface area (Å²) in [6.07, 6.45) is 0.745. The summed E-state index contributed by atoms with van der Waals surface area (Å²) >= 11 is 5.62. The number of benzene rings is 1. The SMILES string of the molecule is N[C@H]1CCOc2cc(F)c(Cl)cc21. The van der Waals surface area contributed by atoms with Crippen molar-refractivity contribution in [2.24, 2.45) is 5.73 Å². The van der Waals surface area contributed by atoms with Crippen molar-refractivity contribution in [3.8, 4) is 5.75 Å². The molecule has 1 atom stereocenters. The topological polar surface area (TPSA) is 35.2 Å². The van der Waals surface area contributed by atoms with E-state index in [9.17, 15) is 4.39 Å². The van der Waals surface area contributed by atoms with Gasteiger partial charge in [-0.15, -0.1) is 0 Å². The molecule has 1 aliphatic heterocycles. The summed E-state index contributed by atoms with van der Waals surface area (Å²) in [5.41, 5.74) is 6.59. The van der Waals surface area contributed by atoms with Crippen LogP contribution in [0.2, 0.25) is 5.02 Å². The molecule has 70 valence electrons. The molecule has 0 saturated heterocycles. The van der Waals surface area contributed by atoms with Crippen LogP contribution < -0.4 is 10.5 Å². The number of halogens is 2. The van der Waals surface area contributed by atoms with Crippen molar-refractivity contribution >= 4 is 11.6 Å². The summed E-state index contributed by atoms with van der Waals surface area (Å²) in [6, 6.07) is 2.73. The zero-order valence-corrected chi connectivity index (χ0v) is 7.64. The molecule has 0 bridgehead atoms. The van der Waals surface area contributed by atoms with E-state index in [1.165, 1.54) is 12.1 Å². The Labute approximate surface area is 80.4 Å². The van der Waals surface area contributed by atoms with Crippen LogP contribution in [0.5, 0.6) is 5.75 Å². The van der Waals surface area contributed by atoms with Gasteiger partial charge >= 0.3 is 0 Å². The number of fused-ring (bicyclic) bond motifs is 1. The summed E-state index contributed by atoms with van der Waals surface area (Å²) in [7, 11) is 0. The predicted octanol–water partition coefficient (Wildman–Crippen LogP) is 2.26. The van der Waals surface area contributed by atoms with Crippen LogP contribution >= 0.6 is 11.6 Å². The molecule has 1 aromatic rings. The summed E-state index contributed by atoms with van der Waals surface area (Å²) in [6.45, 7) is 0.537. The monoisotopic (exact) mass is 201 g/mol. The molecule has 0 amide bonds. The maximum Gasteiger partial charge on any atom is 0.145 e. The van der Waals surface area contributed by atoms with Gasteiger partial charge in [-0.3, -0.25) is 0 Å². The Morgan fingerprint density at radius 1 is 1.54 bits per heavy atom. The highest BCUT2D eigenvalue weighted by atomic mass is 35.5. The third kappa shape index (κ3) is 1.49. The van der Waals surface area contributed by atoms with Gasteiger partial charge in [-0.2, -0.15) is 0 Å². The van der Waals surface area contributed by atoms with Crippen molar-refractivity contribution in [3.05, 3.63) is 28.5 Å². The first-order chi connectivity index (χ1) is 6.18. The van der Waals surface area contributed by atoms with Gasteiger partial charge in [-0.05, 0) is 6.07 Å². The van der Waals surface area contributed by atoms with Crippen LogP contribution in [0.1, 0.15) is 18.0 Å². The van der Waals surface area contributed by atoms with Crippen LogP contribution in [-0.2, 0) is 0 Å². The van der Waals surface area contributed by atoms with Gasteiger partial charge in [0.2, 0.25) is 0 Å². The van der Waals surface area contributed by atoms with Crippen molar-refractivity contribution < 1.29 is 9.13 Å². The first-order valence-corrected chi connectivity index (χ1v) is 4.43.